The lowest BCUT2D eigenvalue weighted by Gasteiger charge is -2.21. The van der Waals surface area contributed by atoms with Crippen molar-refractivity contribution in [2.24, 2.45) is 11.8 Å². The lowest BCUT2D eigenvalue weighted by molar-refractivity contribution is 0.267. The number of unbranched alkanes of at least 4 members (excludes halogenated alkanes) is 2. The predicted molar refractivity (Wildman–Crippen MR) is 76.3 cm³/mol. The fraction of sp³-hybridized carbons (Fsp3) is 1.00. The second-order valence-corrected chi connectivity index (χ2v) is 6.01. The molecular weight excluding hydrogens is 214 g/mol. The Morgan fingerprint density at radius 3 is 2.62 bits per heavy atom. The summed E-state index contributed by atoms with van der Waals surface area (Å²) in [4.78, 5) is 2.68. The molecular formula is C14H29NS. The van der Waals surface area contributed by atoms with Gasteiger partial charge in [-0.1, -0.05) is 20.3 Å². The molecule has 1 saturated heterocycles. The van der Waals surface area contributed by atoms with Gasteiger partial charge in [-0.3, -0.25) is 0 Å². The van der Waals surface area contributed by atoms with Crippen molar-refractivity contribution in [3.63, 3.8) is 0 Å². The minimum absolute atomic E-state index is 0.879. The van der Waals surface area contributed by atoms with Crippen molar-refractivity contribution in [1.29, 1.82) is 0 Å². The quantitative estimate of drug-likeness (QED) is 0.548. The van der Waals surface area contributed by atoms with E-state index >= 15 is 0 Å². The molecule has 0 N–H and O–H groups in total. The van der Waals surface area contributed by atoms with Gasteiger partial charge in [0.25, 0.3) is 0 Å². The molecule has 0 saturated carbocycles. The third-order valence-corrected chi connectivity index (χ3v) is 4.26. The summed E-state index contributed by atoms with van der Waals surface area (Å²) in [7, 11) is 0. The molecule has 1 rings (SSSR count). The summed E-state index contributed by atoms with van der Waals surface area (Å²) < 4.78 is 0. The van der Waals surface area contributed by atoms with Crippen molar-refractivity contribution in [2.75, 3.05) is 25.4 Å². The summed E-state index contributed by atoms with van der Waals surface area (Å²) in [6, 6.07) is 0. The number of nitrogens with zero attached hydrogens (tertiary/aromatic N) is 1. The Morgan fingerprint density at radius 2 is 1.94 bits per heavy atom. The standard InChI is InChI=1S/C14H29NS/c1-13(2)14-7-6-10-15(11-8-14)9-4-3-5-12-16/h13-14,16H,3-12H2,1-2H3. The van der Waals surface area contributed by atoms with Gasteiger partial charge in [-0.05, 0) is 69.3 Å². The van der Waals surface area contributed by atoms with Crippen molar-refractivity contribution in [3.05, 3.63) is 0 Å². The van der Waals surface area contributed by atoms with Crippen LogP contribution in [0.25, 0.3) is 0 Å². The van der Waals surface area contributed by atoms with Crippen molar-refractivity contribution in [3.8, 4) is 0 Å². The second-order valence-electron chi connectivity index (χ2n) is 5.56. The van der Waals surface area contributed by atoms with Crippen LogP contribution in [0.15, 0.2) is 0 Å². The van der Waals surface area contributed by atoms with Crippen molar-refractivity contribution in [1.82, 2.24) is 4.90 Å². The Kier molecular flexibility index (Phi) is 7.55. The van der Waals surface area contributed by atoms with E-state index < -0.39 is 0 Å². The zero-order valence-electron chi connectivity index (χ0n) is 11.1. The van der Waals surface area contributed by atoms with Crippen LogP contribution in [-0.2, 0) is 0 Å². The van der Waals surface area contributed by atoms with Gasteiger partial charge in [-0.2, -0.15) is 12.6 Å². The highest BCUT2D eigenvalue weighted by Gasteiger charge is 2.18. The molecule has 1 atom stereocenters. The van der Waals surface area contributed by atoms with E-state index in [1.54, 1.807) is 0 Å². The number of likely N-dealkylation sites (tertiary alicyclic amines) is 1. The normalized spacial score (nSPS) is 23.6. The van der Waals surface area contributed by atoms with Crippen LogP contribution < -0.4 is 0 Å². The molecule has 2 heteroatoms. The van der Waals surface area contributed by atoms with Gasteiger partial charge < -0.3 is 4.90 Å². The molecule has 0 aromatic carbocycles. The van der Waals surface area contributed by atoms with E-state index in [9.17, 15) is 0 Å². The number of hydrogen-bond acceptors (Lipinski definition) is 2. The van der Waals surface area contributed by atoms with Gasteiger partial charge in [0.05, 0.1) is 0 Å². The van der Waals surface area contributed by atoms with Crippen molar-refractivity contribution < 1.29 is 0 Å². The topological polar surface area (TPSA) is 3.24 Å². The van der Waals surface area contributed by atoms with Gasteiger partial charge in [-0.15, -0.1) is 0 Å². The largest absolute Gasteiger partial charge is 0.303 e. The van der Waals surface area contributed by atoms with E-state index in [2.05, 4.69) is 31.4 Å². The van der Waals surface area contributed by atoms with Crippen molar-refractivity contribution >= 4 is 12.6 Å². The van der Waals surface area contributed by atoms with E-state index in [1.807, 2.05) is 0 Å². The van der Waals surface area contributed by atoms with E-state index in [0.717, 1.165) is 17.6 Å². The molecule has 1 aliphatic heterocycles. The first-order chi connectivity index (χ1) is 7.74. The summed E-state index contributed by atoms with van der Waals surface area (Å²) in [5.41, 5.74) is 0. The van der Waals surface area contributed by atoms with Gasteiger partial charge >= 0.3 is 0 Å². The van der Waals surface area contributed by atoms with Gasteiger partial charge in [-0.25, -0.2) is 0 Å². The first-order valence-electron chi connectivity index (χ1n) is 7.07. The first kappa shape index (κ1) is 14.4. The van der Waals surface area contributed by atoms with E-state index in [1.165, 1.54) is 58.2 Å². The Morgan fingerprint density at radius 1 is 1.12 bits per heavy atom. The molecule has 1 fully saturated rings. The summed E-state index contributed by atoms with van der Waals surface area (Å²) in [6.45, 7) is 8.76. The van der Waals surface area contributed by atoms with Crippen LogP contribution in [0.4, 0.5) is 0 Å². The molecule has 0 radical (unpaired) electrons. The Bertz CT molecular complexity index is 170. The van der Waals surface area contributed by atoms with E-state index in [-0.39, 0.29) is 0 Å². The molecule has 0 aromatic heterocycles. The molecule has 0 amide bonds. The Hall–Kier alpha value is 0.310. The lowest BCUT2D eigenvalue weighted by Crippen LogP contribution is -2.26. The van der Waals surface area contributed by atoms with Gasteiger partial charge in [0.1, 0.15) is 0 Å². The monoisotopic (exact) mass is 243 g/mol. The summed E-state index contributed by atoms with van der Waals surface area (Å²) in [6.07, 6.45) is 8.29. The van der Waals surface area contributed by atoms with Crippen LogP contribution >= 0.6 is 12.6 Å². The van der Waals surface area contributed by atoms with Crippen molar-refractivity contribution in [2.45, 2.75) is 52.4 Å². The number of rotatable bonds is 6. The highest BCUT2D eigenvalue weighted by atomic mass is 32.1. The van der Waals surface area contributed by atoms with Crippen LogP contribution in [0.1, 0.15) is 52.4 Å². The van der Waals surface area contributed by atoms with Crippen LogP contribution in [-0.4, -0.2) is 30.3 Å². The maximum atomic E-state index is 4.26. The van der Waals surface area contributed by atoms with E-state index in [4.69, 9.17) is 0 Å². The molecule has 16 heavy (non-hydrogen) atoms. The summed E-state index contributed by atoms with van der Waals surface area (Å²) in [5, 5.41) is 0. The fourth-order valence-corrected chi connectivity index (χ4v) is 2.92. The summed E-state index contributed by atoms with van der Waals surface area (Å²) >= 11 is 4.26. The molecule has 0 aromatic rings. The minimum atomic E-state index is 0.879. The van der Waals surface area contributed by atoms with E-state index in [0.29, 0.717) is 0 Å². The highest BCUT2D eigenvalue weighted by Crippen LogP contribution is 2.24. The zero-order chi connectivity index (χ0) is 11.8. The Labute approximate surface area is 107 Å². The maximum absolute atomic E-state index is 4.26. The number of hydrogen-bond donors (Lipinski definition) is 1. The third-order valence-electron chi connectivity index (χ3n) is 3.94. The summed E-state index contributed by atoms with van der Waals surface area (Å²) in [5.74, 6) is 2.90. The van der Waals surface area contributed by atoms with Crippen LogP contribution in [0.5, 0.6) is 0 Å². The SMILES string of the molecule is CC(C)C1CCCN(CCCCCS)CC1. The first-order valence-corrected chi connectivity index (χ1v) is 7.70. The van der Waals surface area contributed by atoms with Gasteiger partial charge in [0.15, 0.2) is 0 Å². The maximum Gasteiger partial charge on any atom is -0.00160 e. The lowest BCUT2D eigenvalue weighted by atomic mass is 9.89. The zero-order valence-corrected chi connectivity index (χ0v) is 12.0. The average Bonchev–Trinajstić information content (AvgIpc) is 2.50. The molecule has 0 aliphatic carbocycles. The van der Waals surface area contributed by atoms with Crippen LogP contribution in [0.2, 0.25) is 0 Å². The smallest absolute Gasteiger partial charge is 0.00160 e. The predicted octanol–water partition coefficient (Wildman–Crippen LogP) is 3.84. The fourth-order valence-electron chi connectivity index (χ4n) is 2.70. The van der Waals surface area contributed by atoms with Gasteiger partial charge in [0, 0.05) is 0 Å². The molecule has 0 bridgehead atoms. The number of thiol groups is 1. The molecule has 1 unspecified atom stereocenters. The third kappa shape index (κ3) is 5.58. The molecule has 1 heterocycles. The highest BCUT2D eigenvalue weighted by molar-refractivity contribution is 7.80. The van der Waals surface area contributed by atoms with Gasteiger partial charge in [0.2, 0.25) is 0 Å². The average molecular weight is 243 g/mol. The molecule has 96 valence electrons. The van der Waals surface area contributed by atoms with Crippen LogP contribution in [0.3, 0.4) is 0 Å². The molecule has 1 aliphatic rings. The second kappa shape index (κ2) is 8.41. The molecule has 0 spiro atoms. The molecule has 1 nitrogen and oxygen atoms in total. The Balaban J connectivity index is 2.15. The van der Waals surface area contributed by atoms with Crippen LogP contribution in [0, 0.1) is 11.8 Å². The minimum Gasteiger partial charge on any atom is -0.303 e.